The fourth-order valence-electron chi connectivity index (χ4n) is 1.78. The van der Waals surface area contributed by atoms with Crippen LogP contribution in [-0.2, 0) is 10.0 Å². The summed E-state index contributed by atoms with van der Waals surface area (Å²) in [4.78, 5) is 4.41. The van der Waals surface area contributed by atoms with Crippen LogP contribution < -0.4 is 4.72 Å². The van der Waals surface area contributed by atoms with E-state index < -0.39 is 15.8 Å². The lowest BCUT2D eigenvalue weighted by molar-refractivity contribution is 0.426. The Morgan fingerprint density at radius 3 is 2.82 bits per heavy atom. The van der Waals surface area contributed by atoms with E-state index >= 15 is 0 Å². The molecule has 114 valence electrons. The van der Waals surface area contributed by atoms with Crippen LogP contribution in [0.15, 0.2) is 45.1 Å². The van der Waals surface area contributed by atoms with Crippen LogP contribution in [0.3, 0.4) is 0 Å². The average molecular weight is 339 g/mol. The third-order valence-corrected chi connectivity index (χ3v) is 5.00. The molecule has 0 aliphatic heterocycles. The molecule has 1 aromatic carbocycles. The summed E-state index contributed by atoms with van der Waals surface area (Å²) in [6, 6.07) is 6.35. The van der Waals surface area contributed by atoms with Crippen molar-refractivity contribution in [3.8, 4) is 10.8 Å². The maximum absolute atomic E-state index is 13.2. The van der Waals surface area contributed by atoms with E-state index in [0.29, 0.717) is 16.4 Å². The molecule has 3 rings (SSSR count). The van der Waals surface area contributed by atoms with Gasteiger partial charge in [-0.1, -0.05) is 11.2 Å². The van der Waals surface area contributed by atoms with Gasteiger partial charge in [-0.25, -0.2) is 12.8 Å². The van der Waals surface area contributed by atoms with Crippen molar-refractivity contribution in [3.63, 3.8) is 0 Å². The van der Waals surface area contributed by atoms with Crippen molar-refractivity contribution >= 4 is 27.0 Å². The second-order valence-electron chi connectivity index (χ2n) is 4.37. The second kappa shape index (κ2) is 5.50. The lowest BCUT2D eigenvalue weighted by Crippen LogP contribution is -2.13. The molecule has 0 atom stereocenters. The lowest BCUT2D eigenvalue weighted by Gasteiger charge is -2.07. The van der Waals surface area contributed by atoms with Crippen LogP contribution >= 0.6 is 11.3 Å². The number of aromatic nitrogens is 2. The Labute approximate surface area is 129 Å². The summed E-state index contributed by atoms with van der Waals surface area (Å²) < 4.78 is 45.3. The molecular weight excluding hydrogens is 329 g/mol. The summed E-state index contributed by atoms with van der Waals surface area (Å²) in [6.07, 6.45) is 0. The number of nitrogens with one attached hydrogen (secondary N) is 1. The normalized spacial score (nSPS) is 11.5. The average Bonchev–Trinajstić information content (AvgIpc) is 3.07. The second-order valence-corrected chi connectivity index (χ2v) is 6.97. The van der Waals surface area contributed by atoms with Gasteiger partial charge in [0.05, 0.1) is 10.6 Å². The smallest absolute Gasteiger partial charge is 0.270 e. The van der Waals surface area contributed by atoms with Crippen molar-refractivity contribution < 1.29 is 17.3 Å². The molecule has 2 aromatic heterocycles. The van der Waals surface area contributed by atoms with Crippen molar-refractivity contribution in [1.82, 2.24) is 10.1 Å². The minimum absolute atomic E-state index is 0.161. The van der Waals surface area contributed by atoms with Gasteiger partial charge in [0, 0.05) is 0 Å². The standard InChI is InChI=1S/C13H10FN3O3S2/c1-8-15-13(20-16-8)12-11(5-6-21-12)17-22(18,19)10-4-2-3-9(14)7-10/h2-7,17H,1H3. The van der Waals surface area contributed by atoms with E-state index in [1.54, 1.807) is 18.4 Å². The van der Waals surface area contributed by atoms with Crippen molar-refractivity contribution in [2.45, 2.75) is 11.8 Å². The number of thiophene rings is 1. The SMILES string of the molecule is Cc1noc(-c2sccc2NS(=O)(=O)c2cccc(F)c2)n1. The molecule has 0 aliphatic rings. The van der Waals surface area contributed by atoms with Gasteiger partial charge in [-0.2, -0.15) is 4.98 Å². The molecule has 3 aromatic rings. The van der Waals surface area contributed by atoms with Crippen LogP contribution in [0, 0.1) is 12.7 Å². The van der Waals surface area contributed by atoms with Gasteiger partial charge >= 0.3 is 0 Å². The molecule has 0 saturated heterocycles. The van der Waals surface area contributed by atoms with Crippen LogP contribution in [0.2, 0.25) is 0 Å². The van der Waals surface area contributed by atoms with Gasteiger partial charge in [0.2, 0.25) is 0 Å². The van der Waals surface area contributed by atoms with Crippen LogP contribution in [0.4, 0.5) is 10.1 Å². The van der Waals surface area contributed by atoms with Gasteiger partial charge in [-0.15, -0.1) is 11.3 Å². The topological polar surface area (TPSA) is 85.1 Å². The van der Waals surface area contributed by atoms with E-state index in [9.17, 15) is 12.8 Å². The molecule has 22 heavy (non-hydrogen) atoms. The highest BCUT2D eigenvalue weighted by Crippen LogP contribution is 2.33. The fourth-order valence-corrected chi connectivity index (χ4v) is 3.72. The lowest BCUT2D eigenvalue weighted by atomic mass is 10.4. The maximum atomic E-state index is 13.2. The minimum atomic E-state index is -3.90. The van der Waals surface area contributed by atoms with E-state index in [1.165, 1.54) is 29.5 Å². The van der Waals surface area contributed by atoms with Crippen molar-refractivity contribution in [3.05, 3.63) is 47.4 Å². The largest absolute Gasteiger partial charge is 0.333 e. The van der Waals surface area contributed by atoms with E-state index in [2.05, 4.69) is 14.9 Å². The molecule has 0 unspecified atom stereocenters. The zero-order valence-corrected chi connectivity index (χ0v) is 12.9. The van der Waals surface area contributed by atoms with E-state index in [0.717, 1.165) is 6.07 Å². The minimum Gasteiger partial charge on any atom is -0.333 e. The first kappa shape index (κ1) is 14.7. The van der Waals surface area contributed by atoms with Crippen molar-refractivity contribution in [2.24, 2.45) is 0 Å². The molecular formula is C13H10FN3O3S2. The number of sulfonamides is 1. The zero-order valence-electron chi connectivity index (χ0n) is 11.3. The Morgan fingerprint density at radius 2 is 2.14 bits per heavy atom. The number of nitrogens with zero attached hydrogens (tertiary/aromatic N) is 2. The monoisotopic (exact) mass is 339 g/mol. The number of benzene rings is 1. The van der Waals surface area contributed by atoms with Gasteiger partial charge in [0.15, 0.2) is 5.82 Å². The predicted molar refractivity (Wildman–Crippen MR) is 79.6 cm³/mol. The molecule has 2 heterocycles. The fraction of sp³-hybridized carbons (Fsp3) is 0.0769. The molecule has 0 radical (unpaired) electrons. The third-order valence-electron chi connectivity index (χ3n) is 2.74. The van der Waals surface area contributed by atoms with Gasteiger partial charge in [0.25, 0.3) is 15.9 Å². The first-order valence-electron chi connectivity index (χ1n) is 6.12. The third kappa shape index (κ3) is 2.85. The number of hydrogen-bond donors (Lipinski definition) is 1. The van der Waals surface area contributed by atoms with Crippen molar-refractivity contribution in [1.29, 1.82) is 0 Å². The predicted octanol–water partition coefficient (Wildman–Crippen LogP) is 3.05. The summed E-state index contributed by atoms with van der Waals surface area (Å²) in [5.41, 5.74) is 0.304. The Hall–Kier alpha value is -2.26. The molecule has 6 nitrogen and oxygen atoms in total. The highest BCUT2D eigenvalue weighted by atomic mass is 32.2. The summed E-state index contributed by atoms with van der Waals surface area (Å²) in [5, 5.41) is 5.37. The molecule has 0 bridgehead atoms. The number of hydrogen-bond acceptors (Lipinski definition) is 6. The quantitative estimate of drug-likeness (QED) is 0.789. The summed E-state index contributed by atoms with van der Waals surface area (Å²) in [7, 11) is -3.90. The van der Waals surface area contributed by atoms with E-state index in [-0.39, 0.29) is 10.8 Å². The maximum Gasteiger partial charge on any atom is 0.270 e. The summed E-state index contributed by atoms with van der Waals surface area (Å²) in [6.45, 7) is 1.66. The Kier molecular flexibility index (Phi) is 3.67. The van der Waals surface area contributed by atoms with Crippen LogP contribution in [0.25, 0.3) is 10.8 Å². The molecule has 9 heteroatoms. The summed E-state index contributed by atoms with van der Waals surface area (Å²) in [5.74, 6) is 0.0488. The summed E-state index contributed by atoms with van der Waals surface area (Å²) >= 11 is 1.26. The van der Waals surface area contributed by atoms with Gasteiger partial charge in [-0.3, -0.25) is 4.72 Å². The number of anilines is 1. The van der Waals surface area contributed by atoms with E-state index in [1.807, 2.05) is 0 Å². The number of aryl methyl sites for hydroxylation is 1. The Morgan fingerprint density at radius 1 is 1.32 bits per heavy atom. The van der Waals surface area contributed by atoms with Crippen LogP contribution in [-0.4, -0.2) is 18.6 Å². The first-order valence-corrected chi connectivity index (χ1v) is 8.48. The molecule has 0 saturated carbocycles. The van der Waals surface area contributed by atoms with Gasteiger partial charge in [-0.05, 0) is 36.6 Å². The van der Waals surface area contributed by atoms with Crippen LogP contribution in [0.1, 0.15) is 5.82 Å². The highest BCUT2D eigenvalue weighted by molar-refractivity contribution is 7.92. The Balaban J connectivity index is 1.96. The molecule has 0 fully saturated rings. The Bertz CT molecular complexity index is 918. The molecule has 0 spiro atoms. The van der Waals surface area contributed by atoms with Crippen LogP contribution in [0.5, 0.6) is 0 Å². The molecule has 0 amide bonds. The number of halogens is 1. The van der Waals surface area contributed by atoms with Crippen molar-refractivity contribution in [2.75, 3.05) is 4.72 Å². The zero-order chi connectivity index (χ0) is 15.7. The molecule has 0 aliphatic carbocycles. The first-order chi connectivity index (χ1) is 10.5. The van der Waals surface area contributed by atoms with Gasteiger partial charge in [0.1, 0.15) is 10.7 Å². The van der Waals surface area contributed by atoms with Gasteiger partial charge < -0.3 is 4.52 Å². The molecule has 1 N–H and O–H groups in total. The van der Waals surface area contributed by atoms with E-state index in [4.69, 9.17) is 4.52 Å². The highest BCUT2D eigenvalue weighted by Gasteiger charge is 2.20. The number of rotatable bonds is 4.